The zero-order valence-electron chi connectivity index (χ0n) is 14.7. The van der Waals surface area contributed by atoms with Crippen molar-refractivity contribution in [3.05, 3.63) is 52.0 Å². The second-order valence-corrected chi connectivity index (χ2v) is 6.91. The van der Waals surface area contributed by atoms with Crippen molar-refractivity contribution in [3.63, 3.8) is 0 Å². The van der Waals surface area contributed by atoms with Gasteiger partial charge < -0.3 is 14.4 Å². The zero-order chi connectivity index (χ0) is 18.8. The molecular weight excluding hydrogens is 398 g/mol. The quantitative estimate of drug-likeness (QED) is 0.612. The van der Waals surface area contributed by atoms with Crippen LogP contribution in [-0.4, -0.2) is 22.2 Å². The highest BCUT2D eigenvalue weighted by atomic mass is 79.9. The van der Waals surface area contributed by atoms with E-state index >= 15 is 0 Å². The average molecular weight is 416 g/mol. The number of para-hydroxylation sites is 1. The van der Waals surface area contributed by atoms with Gasteiger partial charge >= 0.3 is 5.91 Å². The van der Waals surface area contributed by atoms with Gasteiger partial charge in [-0.3, -0.25) is 4.79 Å². The summed E-state index contributed by atoms with van der Waals surface area (Å²) in [5, 5.41) is 18.7. The maximum atomic E-state index is 12.0. The van der Waals surface area contributed by atoms with Crippen LogP contribution in [0.2, 0.25) is 0 Å². The molecule has 26 heavy (non-hydrogen) atoms. The molecule has 1 heterocycles. The minimum absolute atomic E-state index is 0.0439. The predicted octanol–water partition coefficient (Wildman–Crippen LogP) is 4.95. The predicted molar refractivity (Wildman–Crippen MR) is 103 cm³/mol. The monoisotopic (exact) mass is 415 g/mol. The summed E-state index contributed by atoms with van der Waals surface area (Å²) in [6.07, 6.45) is 0. The minimum Gasteiger partial charge on any atom is -0.493 e. The lowest BCUT2D eigenvalue weighted by Gasteiger charge is -2.05. The Bertz CT molecular complexity index is 1020. The fraction of sp³-hybridized carbons (Fsp3) is 0.211. The molecule has 1 N–H and O–H groups in total. The van der Waals surface area contributed by atoms with Gasteiger partial charge in [-0.25, -0.2) is 0 Å². The summed E-state index contributed by atoms with van der Waals surface area (Å²) >= 11 is 3.44. The number of aryl methyl sites for hydroxylation is 3. The lowest BCUT2D eigenvalue weighted by Crippen LogP contribution is -2.08. The van der Waals surface area contributed by atoms with Crippen LogP contribution in [0.1, 0.15) is 11.1 Å². The van der Waals surface area contributed by atoms with Crippen LogP contribution in [0.5, 0.6) is 11.6 Å². The number of aromatic hydroxyl groups is 1. The molecule has 3 aromatic rings. The number of benzene rings is 2. The number of rotatable bonds is 4. The number of azo groups is 1. The summed E-state index contributed by atoms with van der Waals surface area (Å²) in [5.74, 6) is 0.0533. The number of hydrogen-bond donors (Lipinski definition) is 1. The first-order valence-corrected chi connectivity index (χ1v) is 8.78. The fourth-order valence-electron chi connectivity index (χ4n) is 2.84. The molecular formula is C19H18BrN3O3. The van der Waals surface area contributed by atoms with Gasteiger partial charge in [-0.15, -0.1) is 10.2 Å². The Hall–Kier alpha value is -2.67. The fourth-order valence-corrected chi connectivity index (χ4v) is 3.41. The first-order valence-electron chi connectivity index (χ1n) is 7.99. The third kappa shape index (κ3) is 3.48. The number of carbonyl (C=O) groups excluding carboxylic acids is 1. The second-order valence-electron chi connectivity index (χ2n) is 6.00. The van der Waals surface area contributed by atoms with Crippen LogP contribution in [0.4, 0.5) is 5.69 Å². The van der Waals surface area contributed by atoms with E-state index in [1.165, 1.54) is 0 Å². The molecule has 0 aliphatic heterocycles. The molecule has 6 nitrogen and oxygen atoms in total. The highest BCUT2D eigenvalue weighted by molar-refractivity contribution is 9.10. The van der Waals surface area contributed by atoms with Crippen molar-refractivity contribution in [2.45, 2.75) is 13.8 Å². The molecule has 0 atom stereocenters. The Balaban J connectivity index is 1.83. The largest absolute Gasteiger partial charge is 0.493 e. The molecule has 3 rings (SSSR count). The third-order valence-corrected chi connectivity index (χ3v) is 4.55. The molecule has 0 radical (unpaired) electrons. The SMILES string of the molecule is Cc1ccccc1OCC(=O)N=Nc1c(O)n(C)c2c(C)cc(Br)cc12. The Morgan fingerprint density at radius 3 is 2.69 bits per heavy atom. The maximum Gasteiger partial charge on any atom is 0.302 e. The number of hydrogen-bond acceptors (Lipinski definition) is 4. The molecule has 0 saturated carbocycles. The topological polar surface area (TPSA) is 76.2 Å². The number of ether oxygens (including phenoxy) is 1. The van der Waals surface area contributed by atoms with Gasteiger partial charge in [-0.1, -0.05) is 34.1 Å². The van der Waals surface area contributed by atoms with Crippen molar-refractivity contribution in [2.75, 3.05) is 6.61 Å². The molecule has 0 fully saturated rings. The van der Waals surface area contributed by atoms with E-state index in [-0.39, 0.29) is 18.2 Å². The van der Waals surface area contributed by atoms with Gasteiger partial charge in [0, 0.05) is 16.9 Å². The molecule has 0 unspecified atom stereocenters. The summed E-state index contributed by atoms with van der Waals surface area (Å²) in [4.78, 5) is 12.0. The molecule has 0 bridgehead atoms. The van der Waals surface area contributed by atoms with E-state index in [1.807, 2.05) is 44.2 Å². The van der Waals surface area contributed by atoms with Crippen molar-refractivity contribution in [1.82, 2.24) is 4.57 Å². The molecule has 7 heteroatoms. The standard InChI is InChI=1S/C19H18BrN3O3/c1-11-6-4-5-7-15(11)26-10-16(24)21-22-17-14-9-13(20)8-12(2)18(14)23(3)19(17)25/h4-9,25H,10H2,1-3H3. The van der Waals surface area contributed by atoms with Crippen LogP contribution in [0, 0.1) is 13.8 Å². The summed E-state index contributed by atoms with van der Waals surface area (Å²) < 4.78 is 7.95. The Labute approximate surface area is 159 Å². The number of carbonyl (C=O) groups is 1. The van der Waals surface area contributed by atoms with Gasteiger partial charge in [-0.2, -0.15) is 0 Å². The van der Waals surface area contributed by atoms with Crippen LogP contribution < -0.4 is 4.74 Å². The van der Waals surface area contributed by atoms with Crippen LogP contribution >= 0.6 is 15.9 Å². The van der Waals surface area contributed by atoms with Crippen molar-refractivity contribution in [3.8, 4) is 11.6 Å². The van der Waals surface area contributed by atoms with Gasteiger partial charge in [0.2, 0.25) is 5.88 Å². The molecule has 2 aromatic carbocycles. The zero-order valence-corrected chi connectivity index (χ0v) is 16.2. The minimum atomic E-state index is -0.531. The van der Waals surface area contributed by atoms with Crippen LogP contribution in [0.3, 0.4) is 0 Å². The van der Waals surface area contributed by atoms with E-state index in [9.17, 15) is 9.90 Å². The van der Waals surface area contributed by atoms with Gasteiger partial charge in [0.05, 0.1) is 5.52 Å². The molecule has 1 aromatic heterocycles. The molecule has 0 saturated heterocycles. The average Bonchev–Trinajstić information content (AvgIpc) is 2.83. The highest BCUT2D eigenvalue weighted by Crippen LogP contribution is 2.40. The van der Waals surface area contributed by atoms with Crippen molar-refractivity contribution < 1.29 is 14.6 Å². The number of fused-ring (bicyclic) bond motifs is 1. The number of amides is 1. The van der Waals surface area contributed by atoms with Gasteiger partial charge in [-0.05, 0) is 43.2 Å². The summed E-state index contributed by atoms with van der Waals surface area (Å²) in [6.45, 7) is 3.62. The number of aromatic nitrogens is 1. The van der Waals surface area contributed by atoms with Crippen molar-refractivity contribution in [2.24, 2.45) is 17.3 Å². The molecule has 134 valence electrons. The van der Waals surface area contributed by atoms with Gasteiger partial charge in [0.25, 0.3) is 0 Å². The Morgan fingerprint density at radius 1 is 1.23 bits per heavy atom. The third-order valence-electron chi connectivity index (χ3n) is 4.09. The second kappa shape index (κ2) is 7.29. The van der Waals surface area contributed by atoms with E-state index in [0.717, 1.165) is 21.1 Å². The van der Waals surface area contributed by atoms with E-state index in [0.29, 0.717) is 11.1 Å². The number of halogens is 1. The molecule has 0 aliphatic carbocycles. The van der Waals surface area contributed by atoms with Crippen molar-refractivity contribution in [1.29, 1.82) is 0 Å². The van der Waals surface area contributed by atoms with Crippen LogP contribution in [-0.2, 0) is 11.8 Å². The summed E-state index contributed by atoms with van der Waals surface area (Å²) in [6, 6.07) is 11.2. The summed E-state index contributed by atoms with van der Waals surface area (Å²) in [7, 11) is 1.74. The Morgan fingerprint density at radius 2 is 1.96 bits per heavy atom. The maximum absolute atomic E-state index is 12.0. The lowest BCUT2D eigenvalue weighted by atomic mass is 10.1. The van der Waals surface area contributed by atoms with Crippen LogP contribution in [0.15, 0.2) is 51.1 Å². The van der Waals surface area contributed by atoms with E-state index < -0.39 is 5.91 Å². The molecule has 0 spiro atoms. The number of nitrogens with zero attached hydrogens (tertiary/aromatic N) is 3. The van der Waals surface area contributed by atoms with Gasteiger partial charge in [0.15, 0.2) is 12.3 Å². The first-order chi connectivity index (χ1) is 12.4. The Kier molecular flexibility index (Phi) is 5.08. The highest BCUT2D eigenvalue weighted by Gasteiger charge is 2.17. The lowest BCUT2D eigenvalue weighted by molar-refractivity contribution is -0.120. The smallest absolute Gasteiger partial charge is 0.302 e. The normalized spacial score (nSPS) is 11.4. The van der Waals surface area contributed by atoms with Crippen molar-refractivity contribution >= 4 is 38.4 Å². The van der Waals surface area contributed by atoms with E-state index in [1.54, 1.807) is 17.7 Å². The van der Waals surface area contributed by atoms with Crippen LogP contribution in [0.25, 0.3) is 10.9 Å². The first kappa shape index (κ1) is 18.1. The van der Waals surface area contributed by atoms with E-state index in [4.69, 9.17) is 4.74 Å². The van der Waals surface area contributed by atoms with E-state index in [2.05, 4.69) is 26.2 Å². The molecule has 0 aliphatic rings. The van der Waals surface area contributed by atoms with Gasteiger partial charge in [0.1, 0.15) is 5.75 Å². The summed E-state index contributed by atoms with van der Waals surface area (Å²) in [5.41, 5.74) is 3.01. The molecule has 1 amide bonds.